The zero-order valence-corrected chi connectivity index (χ0v) is 11.2. The van der Waals surface area contributed by atoms with Crippen molar-refractivity contribution < 1.29 is 4.74 Å². The van der Waals surface area contributed by atoms with Gasteiger partial charge in [0.25, 0.3) is 0 Å². The minimum absolute atomic E-state index is 0.435. The number of hydrogen-bond acceptors (Lipinski definition) is 3. The molecule has 1 saturated heterocycles. The van der Waals surface area contributed by atoms with E-state index in [2.05, 4.69) is 24.1 Å². The number of ether oxygens (including phenoxy) is 1. The molecular formula is C13H28N2O. The van der Waals surface area contributed by atoms with Gasteiger partial charge in [-0.15, -0.1) is 0 Å². The zero-order chi connectivity index (χ0) is 11.8. The van der Waals surface area contributed by atoms with Crippen molar-refractivity contribution in [3.63, 3.8) is 0 Å². The molecule has 0 aromatic rings. The maximum absolute atomic E-state index is 5.52. The Kier molecular flexibility index (Phi) is 7.01. The largest absolute Gasteiger partial charge is 0.380 e. The Morgan fingerprint density at radius 2 is 2.19 bits per heavy atom. The molecule has 1 aliphatic rings. The number of unbranched alkanes of at least 4 members (excludes halogenated alkanes) is 1. The molecule has 0 saturated carbocycles. The summed E-state index contributed by atoms with van der Waals surface area (Å²) in [5.41, 5.74) is 0. The van der Waals surface area contributed by atoms with Gasteiger partial charge < -0.3 is 10.1 Å². The van der Waals surface area contributed by atoms with Gasteiger partial charge in [-0.2, -0.15) is 0 Å². The normalized spacial score (nSPS) is 27.2. The van der Waals surface area contributed by atoms with E-state index >= 15 is 0 Å². The lowest BCUT2D eigenvalue weighted by atomic mass is 9.96. The number of nitrogens with zero attached hydrogens (tertiary/aromatic N) is 1. The first kappa shape index (κ1) is 13.9. The van der Waals surface area contributed by atoms with Crippen molar-refractivity contribution in [2.45, 2.75) is 39.2 Å². The van der Waals surface area contributed by atoms with Gasteiger partial charge in [0.05, 0.1) is 6.10 Å². The molecule has 2 atom stereocenters. The molecule has 0 aliphatic carbocycles. The molecule has 0 amide bonds. The molecule has 0 aromatic carbocycles. The van der Waals surface area contributed by atoms with Crippen LogP contribution in [0.15, 0.2) is 0 Å². The minimum Gasteiger partial charge on any atom is -0.380 e. The van der Waals surface area contributed by atoms with E-state index in [4.69, 9.17) is 4.74 Å². The first-order chi connectivity index (χ1) is 7.77. The second-order valence-electron chi connectivity index (χ2n) is 4.94. The van der Waals surface area contributed by atoms with Gasteiger partial charge in [-0.1, -0.05) is 20.3 Å². The van der Waals surface area contributed by atoms with E-state index in [-0.39, 0.29) is 0 Å². The molecule has 3 nitrogen and oxygen atoms in total. The molecule has 0 radical (unpaired) electrons. The van der Waals surface area contributed by atoms with Crippen LogP contribution in [0.2, 0.25) is 0 Å². The molecule has 96 valence electrons. The van der Waals surface area contributed by atoms with Gasteiger partial charge in [-0.05, 0) is 31.8 Å². The molecule has 1 fully saturated rings. The van der Waals surface area contributed by atoms with E-state index in [0.717, 1.165) is 26.2 Å². The predicted octanol–water partition coefficient (Wildman–Crippen LogP) is 1.73. The lowest BCUT2D eigenvalue weighted by Crippen LogP contribution is -2.46. The number of nitrogens with one attached hydrogen (secondary N) is 1. The van der Waals surface area contributed by atoms with E-state index in [1.165, 1.54) is 25.8 Å². The Morgan fingerprint density at radius 3 is 2.88 bits per heavy atom. The van der Waals surface area contributed by atoms with E-state index < -0.39 is 0 Å². The zero-order valence-electron chi connectivity index (χ0n) is 11.2. The monoisotopic (exact) mass is 228 g/mol. The van der Waals surface area contributed by atoms with Crippen LogP contribution in [0.25, 0.3) is 0 Å². The first-order valence-electron chi connectivity index (χ1n) is 6.73. The van der Waals surface area contributed by atoms with Crippen molar-refractivity contribution >= 4 is 0 Å². The Hall–Kier alpha value is -0.120. The van der Waals surface area contributed by atoms with Crippen LogP contribution in [0.1, 0.15) is 33.1 Å². The van der Waals surface area contributed by atoms with Gasteiger partial charge in [-0.3, -0.25) is 4.90 Å². The van der Waals surface area contributed by atoms with Crippen molar-refractivity contribution in [2.24, 2.45) is 5.92 Å². The summed E-state index contributed by atoms with van der Waals surface area (Å²) in [6.07, 6.45) is 4.27. The average Bonchev–Trinajstić information content (AvgIpc) is 2.31. The molecule has 0 bridgehead atoms. The quantitative estimate of drug-likeness (QED) is 0.672. The van der Waals surface area contributed by atoms with Crippen LogP contribution in [-0.2, 0) is 4.74 Å². The lowest BCUT2D eigenvalue weighted by Gasteiger charge is -2.36. The summed E-state index contributed by atoms with van der Waals surface area (Å²) in [6.45, 7) is 10.3. The lowest BCUT2D eigenvalue weighted by molar-refractivity contribution is -0.00440. The Balaban J connectivity index is 2.08. The Bertz CT molecular complexity index is 175. The fourth-order valence-corrected chi connectivity index (χ4v) is 2.27. The van der Waals surface area contributed by atoms with Crippen LogP contribution in [-0.4, -0.2) is 50.8 Å². The Labute approximate surface area is 101 Å². The highest BCUT2D eigenvalue weighted by atomic mass is 16.5. The van der Waals surface area contributed by atoms with Crippen LogP contribution in [0.4, 0.5) is 0 Å². The van der Waals surface area contributed by atoms with Crippen molar-refractivity contribution in [3.05, 3.63) is 0 Å². The fourth-order valence-electron chi connectivity index (χ4n) is 2.27. The number of rotatable bonds is 7. The number of likely N-dealkylation sites (tertiary alicyclic amines) is 1. The summed E-state index contributed by atoms with van der Waals surface area (Å²) in [4.78, 5) is 2.52. The van der Waals surface area contributed by atoms with Gasteiger partial charge >= 0.3 is 0 Å². The van der Waals surface area contributed by atoms with Crippen LogP contribution < -0.4 is 5.32 Å². The van der Waals surface area contributed by atoms with Gasteiger partial charge in [0.1, 0.15) is 0 Å². The van der Waals surface area contributed by atoms with Gasteiger partial charge in [0.2, 0.25) is 0 Å². The molecular weight excluding hydrogens is 200 g/mol. The Morgan fingerprint density at radius 1 is 1.38 bits per heavy atom. The molecule has 0 spiro atoms. The van der Waals surface area contributed by atoms with Crippen LogP contribution in [0.3, 0.4) is 0 Å². The van der Waals surface area contributed by atoms with E-state index in [9.17, 15) is 0 Å². The molecule has 1 heterocycles. The van der Waals surface area contributed by atoms with Gasteiger partial charge in [0.15, 0.2) is 0 Å². The molecule has 1 N–H and O–H groups in total. The predicted molar refractivity (Wildman–Crippen MR) is 68.8 cm³/mol. The van der Waals surface area contributed by atoms with E-state index in [1.807, 2.05) is 7.11 Å². The highest BCUT2D eigenvalue weighted by Gasteiger charge is 2.25. The van der Waals surface area contributed by atoms with E-state index in [1.54, 1.807) is 0 Å². The molecule has 0 aromatic heterocycles. The van der Waals surface area contributed by atoms with Crippen molar-refractivity contribution in [1.29, 1.82) is 0 Å². The first-order valence-corrected chi connectivity index (χ1v) is 6.73. The summed E-state index contributed by atoms with van der Waals surface area (Å²) >= 11 is 0. The van der Waals surface area contributed by atoms with Gasteiger partial charge in [0, 0.05) is 26.7 Å². The fraction of sp³-hybridized carbons (Fsp3) is 1.00. The SMILES string of the molecule is CCCCNCCN1CCC(C)C(OC)C1. The van der Waals surface area contributed by atoms with E-state index in [0.29, 0.717) is 12.0 Å². The molecule has 3 heteroatoms. The number of piperidine rings is 1. The number of methoxy groups -OCH3 is 1. The second-order valence-corrected chi connectivity index (χ2v) is 4.94. The van der Waals surface area contributed by atoms with Crippen LogP contribution in [0, 0.1) is 5.92 Å². The average molecular weight is 228 g/mol. The third kappa shape index (κ3) is 4.81. The summed E-state index contributed by atoms with van der Waals surface area (Å²) < 4.78 is 5.52. The minimum atomic E-state index is 0.435. The highest BCUT2D eigenvalue weighted by molar-refractivity contribution is 4.78. The summed E-state index contributed by atoms with van der Waals surface area (Å²) in [5, 5.41) is 3.50. The number of hydrogen-bond donors (Lipinski definition) is 1. The van der Waals surface area contributed by atoms with Crippen LogP contribution in [0.5, 0.6) is 0 Å². The molecule has 1 aliphatic heterocycles. The third-order valence-electron chi connectivity index (χ3n) is 3.59. The standard InChI is InChI=1S/C13H28N2O/c1-4-5-7-14-8-10-15-9-6-12(2)13(11-15)16-3/h12-14H,4-11H2,1-3H3. The van der Waals surface area contributed by atoms with Crippen LogP contribution >= 0.6 is 0 Å². The maximum Gasteiger partial charge on any atom is 0.0724 e. The smallest absolute Gasteiger partial charge is 0.0724 e. The highest BCUT2D eigenvalue weighted by Crippen LogP contribution is 2.18. The topological polar surface area (TPSA) is 24.5 Å². The molecule has 1 rings (SSSR count). The third-order valence-corrected chi connectivity index (χ3v) is 3.59. The molecule has 16 heavy (non-hydrogen) atoms. The second kappa shape index (κ2) is 8.04. The van der Waals surface area contributed by atoms with Gasteiger partial charge in [-0.25, -0.2) is 0 Å². The maximum atomic E-state index is 5.52. The molecule has 2 unspecified atom stereocenters. The van der Waals surface area contributed by atoms with Crippen molar-refractivity contribution in [1.82, 2.24) is 10.2 Å². The van der Waals surface area contributed by atoms with Crippen molar-refractivity contribution in [3.8, 4) is 0 Å². The summed E-state index contributed by atoms with van der Waals surface area (Å²) in [5.74, 6) is 0.717. The summed E-state index contributed by atoms with van der Waals surface area (Å²) in [7, 11) is 1.84. The van der Waals surface area contributed by atoms with Crippen molar-refractivity contribution in [2.75, 3.05) is 39.8 Å². The summed E-state index contributed by atoms with van der Waals surface area (Å²) in [6, 6.07) is 0.